The van der Waals surface area contributed by atoms with Gasteiger partial charge in [0.05, 0.1) is 40.2 Å². The van der Waals surface area contributed by atoms with Gasteiger partial charge in [-0.05, 0) is 51.0 Å². The Balaban J connectivity index is 1.91. The highest BCUT2D eigenvalue weighted by Gasteiger charge is 2.17. The van der Waals surface area contributed by atoms with Gasteiger partial charge in [0, 0.05) is 23.9 Å². The molecule has 1 unspecified atom stereocenters. The summed E-state index contributed by atoms with van der Waals surface area (Å²) < 4.78 is 1.84. The van der Waals surface area contributed by atoms with Gasteiger partial charge < -0.3 is 15.7 Å². The Morgan fingerprint density at radius 2 is 2.03 bits per heavy atom. The molecular weight excluding hydrogens is 446 g/mol. The summed E-state index contributed by atoms with van der Waals surface area (Å²) >= 11 is 5.96. The van der Waals surface area contributed by atoms with Gasteiger partial charge in [-0.15, -0.1) is 5.10 Å². The number of aromatic nitrogens is 5. The fraction of sp³-hybridized carbons (Fsp3) is 0.462. The standard InChI is InChI=1S/C26H36ClN7/c1-5-7-8-10-19(9-6-2)25-17-34(33-32-25)26-16-29-23(14-24(26)30-18(3)4)22-12-11-21(31-22)13-20(27)15-28/h11-19,28,31H,5-10H2,1-4H3,(H,29,30)/b20-13+,28-15?. The molecule has 0 saturated carbocycles. The normalized spacial score (nSPS) is 12.8. The quantitative estimate of drug-likeness (QED) is 0.178. The molecule has 0 radical (unpaired) electrons. The van der Waals surface area contributed by atoms with Gasteiger partial charge in [-0.1, -0.05) is 56.3 Å². The molecule has 3 heterocycles. The van der Waals surface area contributed by atoms with Gasteiger partial charge in [-0.3, -0.25) is 4.98 Å². The lowest BCUT2D eigenvalue weighted by molar-refractivity contribution is 0.518. The van der Waals surface area contributed by atoms with Crippen molar-refractivity contribution in [1.29, 1.82) is 5.41 Å². The summed E-state index contributed by atoms with van der Waals surface area (Å²) in [6.07, 6.45) is 13.8. The predicted molar refractivity (Wildman–Crippen MR) is 142 cm³/mol. The third-order valence-corrected chi connectivity index (χ3v) is 5.93. The minimum atomic E-state index is 0.243. The Bertz CT molecular complexity index is 1100. The second-order valence-electron chi connectivity index (χ2n) is 8.96. The number of H-pyrrole nitrogens is 1. The summed E-state index contributed by atoms with van der Waals surface area (Å²) in [5.41, 5.74) is 5.37. The summed E-state index contributed by atoms with van der Waals surface area (Å²) in [6, 6.07) is 6.15. The lowest BCUT2D eigenvalue weighted by Crippen LogP contribution is -2.13. The zero-order valence-electron chi connectivity index (χ0n) is 20.6. The van der Waals surface area contributed by atoms with Crippen LogP contribution in [0.25, 0.3) is 23.2 Å². The van der Waals surface area contributed by atoms with Gasteiger partial charge in [-0.2, -0.15) is 0 Å². The molecule has 7 nitrogen and oxygen atoms in total. The van der Waals surface area contributed by atoms with Crippen molar-refractivity contribution >= 4 is 29.6 Å². The number of aromatic amines is 1. The van der Waals surface area contributed by atoms with Crippen molar-refractivity contribution in [1.82, 2.24) is 25.0 Å². The molecule has 0 aromatic carbocycles. The molecule has 34 heavy (non-hydrogen) atoms. The number of hydrogen-bond acceptors (Lipinski definition) is 5. The van der Waals surface area contributed by atoms with Crippen LogP contribution in [0.1, 0.15) is 83.5 Å². The van der Waals surface area contributed by atoms with E-state index in [9.17, 15) is 0 Å². The average molecular weight is 482 g/mol. The van der Waals surface area contributed by atoms with Crippen molar-refractivity contribution in [2.45, 2.75) is 78.2 Å². The third kappa shape index (κ3) is 6.79. The molecule has 0 amide bonds. The molecule has 0 fully saturated rings. The van der Waals surface area contributed by atoms with Crippen molar-refractivity contribution < 1.29 is 0 Å². The lowest BCUT2D eigenvalue weighted by atomic mass is 9.94. The fourth-order valence-corrected chi connectivity index (χ4v) is 4.17. The number of halogens is 1. The third-order valence-electron chi connectivity index (χ3n) is 5.71. The van der Waals surface area contributed by atoms with E-state index in [0.29, 0.717) is 11.0 Å². The van der Waals surface area contributed by atoms with Gasteiger partial charge in [-0.25, -0.2) is 4.68 Å². The summed E-state index contributed by atoms with van der Waals surface area (Å²) in [7, 11) is 0. The van der Waals surface area contributed by atoms with Crippen LogP contribution in [0.15, 0.2) is 35.6 Å². The van der Waals surface area contributed by atoms with Gasteiger partial charge in [0.2, 0.25) is 0 Å². The molecule has 3 aromatic rings. The SMILES string of the molecule is CCCCCC(CCC)c1cn(-c2cnc(-c3ccc(/C=C(/Cl)C=N)[nH]3)cc2NC(C)C)nn1. The number of rotatable bonds is 13. The predicted octanol–water partition coefficient (Wildman–Crippen LogP) is 7.17. The molecule has 182 valence electrons. The molecule has 8 heteroatoms. The van der Waals surface area contributed by atoms with Crippen molar-refractivity contribution in [3.63, 3.8) is 0 Å². The first-order valence-electron chi connectivity index (χ1n) is 12.2. The Morgan fingerprint density at radius 1 is 1.21 bits per heavy atom. The Labute approximate surface area is 207 Å². The molecular formula is C26H36ClN7. The van der Waals surface area contributed by atoms with E-state index in [1.54, 1.807) is 6.08 Å². The topological polar surface area (TPSA) is 95.3 Å². The lowest BCUT2D eigenvalue weighted by Gasteiger charge is -2.15. The summed E-state index contributed by atoms with van der Waals surface area (Å²) in [4.78, 5) is 8.00. The largest absolute Gasteiger partial charge is 0.381 e. The molecule has 0 saturated heterocycles. The number of nitrogens with zero attached hydrogens (tertiary/aromatic N) is 4. The van der Waals surface area contributed by atoms with Crippen molar-refractivity contribution in [2.24, 2.45) is 0 Å². The van der Waals surface area contributed by atoms with Crippen LogP contribution in [-0.2, 0) is 0 Å². The van der Waals surface area contributed by atoms with E-state index in [2.05, 4.69) is 54.5 Å². The van der Waals surface area contributed by atoms with E-state index in [4.69, 9.17) is 22.0 Å². The minimum Gasteiger partial charge on any atom is -0.381 e. The Kier molecular flexibility index (Phi) is 9.45. The zero-order chi connectivity index (χ0) is 24.5. The van der Waals surface area contributed by atoms with Crippen LogP contribution in [0, 0.1) is 5.41 Å². The van der Waals surface area contributed by atoms with Crippen LogP contribution >= 0.6 is 11.6 Å². The number of anilines is 1. The molecule has 0 spiro atoms. The van der Waals surface area contributed by atoms with E-state index < -0.39 is 0 Å². The maximum Gasteiger partial charge on any atom is 0.108 e. The summed E-state index contributed by atoms with van der Waals surface area (Å²) in [6.45, 7) is 8.68. The van der Waals surface area contributed by atoms with E-state index in [1.807, 2.05) is 29.1 Å². The molecule has 3 aromatic heterocycles. The maximum absolute atomic E-state index is 7.25. The molecule has 0 aliphatic rings. The molecule has 0 aliphatic carbocycles. The number of allylic oxidation sites excluding steroid dienone is 1. The molecule has 1 atom stereocenters. The van der Waals surface area contributed by atoms with Gasteiger partial charge in [0.25, 0.3) is 0 Å². The summed E-state index contributed by atoms with van der Waals surface area (Å²) in [5, 5.41) is 20.2. The highest BCUT2D eigenvalue weighted by molar-refractivity contribution is 6.40. The summed E-state index contributed by atoms with van der Waals surface area (Å²) in [5.74, 6) is 0.442. The monoisotopic (exact) mass is 481 g/mol. The van der Waals surface area contributed by atoms with Crippen molar-refractivity contribution in [3.05, 3.63) is 47.0 Å². The molecule has 3 N–H and O–H groups in total. The number of unbranched alkanes of at least 4 members (excludes halogenated alkanes) is 2. The van der Waals surface area contributed by atoms with Crippen molar-refractivity contribution in [3.8, 4) is 17.1 Å². The van der Waals surface area contributed by atoms with Crippen LogP contribution in [0.4, 0.5) is 5.69 Å². The van der Waals surface area contributed by atoms with E-state index in [0.717, 1.165) is 59.6 Å². The Hall–Kier alpha value is -2.93. The van der Waals surface area contributed by atoms with E-state index in [1.165, 1.54) is 19.3 Å². The van der Waals surface area contributed by atoms with Gasteiger partial charge >= 0.3 is 0 Å². The average Bonchev–Trinajstić information content (AvgIpc) is 3.48. The van der Waals surface area contributed by atoms with E-state index in [-0.39, 0.29) is 6.04 Å². The minimum absolute atomic E-state index is 0.243. The van der Waals surface area contributed by atoms with Crippen LogP contribution in [0.2, 0.25) is 0 Å². The number of pyridine rings is 1. The molecule has 0 aliphatic heterocycles. The zero-order valence-corrected chi connectivity index (χ0v) is 21.4. The highest BCUT2D eigenvalue weighted by Crippen LogP contribution is 2.29. The first kappa shape index (κ1) is 25.7. The van der Waals surface area contributed by atoms with Gasteiger partial charge in [0.1, 0.15) is 5.69 Å². The van der Waals surface area contributed by atoms with Crippen LogP contribution in [0.3, 0.4) is 0 Å². The second kappa shape index (κ2) is 12.5. The van der Waals surface area contributed by atoms with Crippen LogP contribution in [0.5, 0.6) is 0 Å². The molecule has 0 bridgehead atoms. The fourth-order valence-electron chi connectivity index (χ4n) is 4.05. The Morgan fingerprint density at radius 3 is 2.74 bits per heavy atom. The smallest absolute Gasteiger partial charge is 0.108 e. The first-order chi connectivity index (χ1) is 16.4. The van der Waals surface area contributed by atoms with Crippen LogP contribution < -0.4 is 5.32 Å². The first-order valence-corrected chi connectivity index (χ1v) is 12.6. The number of nitrogens with one attached hydrogen (secondary N) is 3. The second-order valence-corrected chi connectivity index (χ2v) is 9.39. The highest BCUT2D eigenvalue weighted by atomic mass is 35.5. The van der Waals surface area contributed by atoms with E-state index >= 15 is 0 Å². The maximum atomic E-state index is 7.25. The molecule has 3 rings (SSSR count). The van der Waals surface area contributed by atoms with Crippen molar-refractivity contribution in [2.75, 3.05) is 5.32 Å². The van der Waals surface area contributed by atoms with Gasteiger partial charge in [0.15, 0.2) is 0 Å². The van der Waals surface area contributed by atoms with Crippen LogP contribution in [-0.4, -0.2) is 37.2 Å². The number of hydrogen-bond donors (Lipinski definition) is 3.